The molecule has 0 atom stereocenters. The number of nitrogens with zero attached hydrogens (tertiary/aromatic N) is 2. The van der Waals surface area contributed by atoms with Crippen molar-refractivity contribution in [2.45, 2.75) is 25.7 Å². The highest BCUT2D eigenvalue weighted by atomic mass is 35.5. The maximum atomic E-state index is 12.7. The summed E-state index contributed by atoms with van der Waals surface area (Å²) in [6.07, 6.45) is 3.54. The quantitative estimate of drug-likeness (QED) is 0.773. The largest absolute Gasteiger partial charge is 0.372 e. The van der Waals surface area contributed by atoms with Crippen LogP contribution in [-0.2, 0) is 14.8 Å². The lowest BCUT2D eigenvalue weighted by atomic mass is 10.1. The van der Waals surface area contributed by atoms with Gasteiger partial charge in [0.2, 0.25) is 15.9 Å². The molecule has 2 aromatic rings. The van der Waals surface area contributed by atoms with Crippen molar-refractivity contribution < 1.29 is 18.0 Å². The number of anilines is 3. The van der Waals surface area contributed by atoms with Crippen LogP contribution in [0.4, 0.5) is 17.1 Å². The highest BCUT2D eigenvalue weighted by Crippen LogP contribution is 2.33. The number of nitrogens with one attached hydrogen (secondary N) is 1. The van der Waals surface area contributed by atoms with Crippen LogP contribution in [0.1, 0.15) is 36.0 Å². The molecule has 0 aliphatic carbocycles. The van der Waals surface area contributed by atoms with E-state index < -0.39 is 21.8 Å². The Bertz CT molecular complexity index is 1080. The highest BCUT2D eigenvalue weighted by molar-refractivity contribution is 7.94. The van der Waals surface area contributed by atoms with Crippen LogP contribution in [0.15, 0.2) is 42.5 Å². The van der Waals surface area contributed by atoms with E-state index in [1.54, 1.807) is 0 Å². The highest BCUT2D eigenvalue weighted by Gasteiger charge is 2.37. The molecule has 9 heteroatoms. The van der Waals surface area contributed by atoms with Crippen LogP contribution in [0.2, 0.25) is 5.02 Å². The number of hydrogen-bond acceptors (Lipinski definition) is 5. The molecule has 2 aliphatic rings. The molecule has 0 aromatic heterocycles. The van der Waals surface area contributed by atoms with E-state index in [4.69, 9.17) is 11.6 Å². The van der Waals surface area contributed by atoms with Crippen molar-refractivity contribution >= 4 is 50.5 Å². The third-order valence-electron chi connectivity index (χ3n) is 5.35. The van der Waals surface area contributed by atoms with Crippen LogP contribution in [0.3, 0.4) is 0 Å². The number of carbonyl (C=O) groups is 2. The third-order valence-corrected chi connectivity index (χ3v) is 7.35. The molecule has 2 fully saturated rings. The Labute approximate surface area is 180 Å². The lowest BCUT2D eigenvalue weighted by molar-refractivity contribution is -0.116. The first-order valence-corrected chi connectivity index (χ1v) is 11.9. The minimum Gasteiger partial charge on any atom is -0.372 e. The maximum absolute atomic E-state index is 12.7. The molecule has 30 heavy (non-hydrogen) atoms. The van der Waals surface area contributed by atoms with Crippen molar-refractivity contribution in [3.63, 3.8) is 0 Å². The number of sulfonamides is 1. The number of carbonyl (C=O) groups excluding carboxylic acids is 2. The summed E-state index contributed by atoms with van der Waals surface area (Å²) in [5.74, 6) is -1.23. The van der Waals surface area contributed by atoms with E-state index in [0.29, 0.717) is 9.99 Å². The third kappa shape index (κ3) is 4.15. The Morgan fingerprint density at radius 1 is 1.00 bits per heavy atom. The maximum Gasteiger partial charge on any atom is 0.255 e. The molecule has 0 bridgehead atoms. The monoisotopic (exact) mass is 447 g/mol. The molecule has 2 amide bonds. The Morgan fingerprint density at radius 2 is 1.70 bits per heavy atom. The van der Waals surface area contributed by atoms with Gasteiger partial charge in [-0.2, -0.15) is 0 Å². The van der Waals surface area contributed by atoms with Gasteiger partial charge >= 0.3 is 0 Å². The fourth-order valence-corrected chi connectivity index (χ4v) is 5.49. The second-order valence-electron chi connectivity index (χ2n) is 7.44. The Kier molecular flexibility index (Phi) is 5.71. The van der Waals surface area contributed by atoms with Crippen LogP contribution in [-0.4, -0.2) is 39.1 Å². The first-order valence-electron chi connectivity index (χ1n) is 9.87. The molecule has 158 valence electrons. The fraction of sp³-hybridized carbons (Fsp3) is 0.333. The zero-order chi connectivity index (χ0) is 21.3. The SMILES string of the molecule is O=C(Nc1ccc(N2CCCCC2)cc1)c1ccc(Cl)c(N2C(=O)CCS2(=O)=O)c1. The predicted octanol–water partition coefficient (Wildman–Crippen LogP) is 3.65. The summed E-state index contributed by atoms with van der Waals surface area (Å²) in [6, 6.07) is 11.9. The lowest BCUT2D eigenvalue weighted by Gasteiger charge is -2.28. The van der Waals surface area contributed by atoms with Gasteiger partial charge in [0.25, 0.3) is 5.91 Å². The van der Waals surface area contributed by atoms with Gasteiger partial charge < -0.3 is 10.2 Å². The molecule has 2 saturated heterocycles. The van der Waals surface area contributed by atoms with Crippen LogP contribution < -0.4 is 14.5 Å². The van der Waals surface area contributed by atoms with Gasteiger partial charge in [0, 0.05) is 36.4 Å². The van der Waals surface area contributed by atoms with Crippen molar-refractivity contribution in [3.05, 3.63) is 53.1 Å². The number of amides is 2. The Balaban J connectivity index is 1.52. The zero-order valence-corrected chi connectivity index (χ0v) is 17.9. The van der Waals surface area contributed by atoms with E-state index in [2.05, 4.69) is 10.2 Å². The summed E-state index contributed by atoms with van der Waals surface area (Å²) in [4.78, 5) is 27.1. The summed E-state index contributed by atoms with van der Waals surface area (Å²) in [5.41, 5.74) is 1.97. The van der Waals surface area contributed by atoms with Gasteiger partial charge in [-0.1, -0.05) is 11.6 Å². The van der Waals surface area contributed by atoms with Gasteiger partial charge in [-0.15, -0.1) is 0 Å². The smallest absolute Gasteiger partial charge is 0.255 e. The van der Waals surface area contributed by atoms with Gasteiger partial charge in [0.15, 0.2) is 0 Å². The standard InChI is InChI=1S/C21H22ClN3O4S/c22-18-9-4-15(14-19(18)25-20(26)10-13-30(25,28)29)21(27)23-16-5-7-17(8-6-16)24-11-2-1-3-12-24/h4-9,14H,1-3,10-13H2,(H,23,27). The number of benzene rings is 2. The van der Waals surface area contributed by atoms with E-state index >= 15 is 0 Å². The van der Waals surface area contributed by atoms with Crippen molar-refractivity contribution in [2.24, 2.45) is 0 Å². The molecular formula is C21H22ClN3O4S. The lowest BCUT2D eigenvalue weighted by Crippen LogP contribution is -2.30. The van der Waals surface area contributed by atoms with Crippen LogP contribution >= 0.6 is 11.6 Å². The molecule has 2 aromatic carbocycles. The second kappa shape index (κ2) is 8.28. The van der Waals surface area contributed by atoms with Crippen molar-refractivity contribution in [2.75, 3.05) is 33.4 Å². The summed E-state index contributed by atoms with van der Waals surface area (Å²) >= 11 is 6.13. The van der Waals surface area contributed by atoms with Crippen molar-refractivity contribution in [1.82, 2.24) is 0 Å². The van der Waals surface area contributed by atoms with E-state index in [9.17, 15) is 18.0 Å². The van der Waals surface area contributed by atoms with E-state index in [0.717, 1.165) is 18.8 Å². The summed E-state index contributed by atoms with van der Waals surface area (Å²) < 4.78 is 25.1. The molecule has 0 unspecified atom stereocenters. The molecule has 0 radical (unpaired) electrons. The van der Waals surface area contributed by atoms with Crippen LogP contribution in [0.5, 0.6) is 0 Å². The molecular weight excluding hydrogens is 426 g/mol. The van der Waals surface area contributed by atoms with Gasteiger partial charge in [-0.05, 0) is 61.7 Å². The molecule has 7 nitrogen and oxygen atoms in total. The van der Waals surface area contributed by atoms with Gasteiger partial charge in [0.05, 0.1) is 16.5 Å². The molecule has 2 aliphatic heterocycles. The topological polar surface area (TPSA) is 86.8 Å². The Hall–Kier alpha value is -2.58. The molecule has 0 saturated carbocycles. The van der Waals surface area contributed by atoms with Gasteiger partial charge in [-0.3, -0.25) is 9.59 Å². The molecule has 2 heterocycles. The van der Waals surface area contributed by atoms with Crippen LogP contribution in [0, 0.1) is 0 Å². The summed E-state index contributed by atoms with van der Waals surface area (Å²) in [7, 11) is -3.77. The average molecular weight is 448 g/mol. The minimum atomic E-state index is -3.77. The van der Waals surface area contributed by atoms with Crippen LogP contribution in [0.25, 0.3) is 0 Å². The molecule has 1 N–H and O–H groups in total. The van der Waals surface area contributed by atoms with Gasteiger partial charge in [-0.25, -0.2) is 12.7 Å². The van der Waals surface area contributed by atoms with E-state index in [1.807, 2.05) is 24.3 Å². The normalized spacial score (nSPS) is 18.5. The van der Waals surface area contributed by atoms with E-state index in [1.165, 1.54) is 37.5 Å². The molecule has 0 spiro atoms. The zero-order valence-electron chi connectivity index (χ0n) is 16.3. The van der Waals surface area contributed by atoms with Crippen molar-refractivity contribution in [3.8, 4) is 0 Å². The Morgan fingerprint density at radius 3 is 2.33 bits per heavy atom. The van der Waals surface area contributed by atoms with E-state index in [-0.39, 0.29) is 28.4 Å². The van der Waals surface area contributed by atoms with Gasteiger partial charge in [0.1, 0.15) is 0 Å². The second-order valence-corrected chi connectivity index (χ2v) is 9.78. The number of piperidine rings is 1. The summed E-state index contributed by atoms with van der Waals surface area (Å²) in [6.45, 7) is 2.08. The first kappa shape index (κ1) is 20.7. The molecule has 4 rings (SSSR count). The average Bonchev–Trinajstić information content (AvgIpc) is 3.02. The number of halogens is 1. The number of hydrogen-bond donors (Lipinski definition) is 1. The number of rotatable bonds is 4. The summed E-state index contributed by atoms with van der Waals surface area (Å²) in [5, 5.41) is 2.90. The first-order chi connectivity index (χ1) is 14.3. The fourth-order valence-electron chi connectivity index (χ4n) is 3.77. The van der Waals surface area contributed by atoms with Crippen molar-refractivity contribution in [1.29, 1.82) is 0 Å². The minimum absolute atomic E-state index is 0.00673. The predicted molar refractivity (Wildman–Crippen MR) is 118 cm³/mol.